The van der Waals surface area contributed by atoms with E-state index in [1.54, 1.807) is 25.9 Å². The molecule has 0 bridgehead atoms. The number of aromatic nitrogens is 2. The van der Waals surface area contributed by atoms with Gasteiger partial charge in [0.05, 0.1) is 37.5 Å². The monoisotopic (exact) mass is 819 g/mol. The lowest BCUT2D eigenvalue weighted by molar-refractivity contribution is -0.148. The highest BCUT2D eigenvalue weighted by Gasteiger charge is 2.41. The SMILES string of the molecule is CCc1ccc(CN2C(=O)C[C@@H]([C@@H]3CCc4ccccc43)C(=O)N(C)C[C@H](CC)N(C)C(=O)[C@H](CO)NC(=O)[C@@H]2C)c(Oc2ccc(-c3cnc(CN(C)C)n3C)cc2)c1. The van der Waals surface area contributed by atoms with Crippen molar-refractivity contribution in [3.63, 3.8) is 0 Å². The van der Waals surface area contributed by atoms with Gasteiger partial charge in [0.2, 0.25) is 23.6 Å². The van der Waals surface area contributed by atoms with Crippen LogP contribution in [-0.2, 0) is 52.2 Å². The van der Waals surface area contributed by atoms with Crippen molar-refractivity contribution in [1.82, 2.24) is 34.5 Å². The van der Waals surface area contributed by atoms with Crippen molar-refractivity contribution in [2.24, 2.45) is 13.0 Å². The predicted octanol–water partition coefficient (Wildman–Crippen LogP) is 5.14. The van der Waals surface area contributed by atoms with Crippen LogP contribution >= 0.6 is 0 Å². The van der Waals surface area contributed by atoms with Gasteiger partial charge in [-0.15, -0.1) is 0 Å². The first-order valence-corrected chi connectivity index (χ1v) is 21.1. The van der Waals surface area contributed by atoms with Crippen LogP contribution in [0.3, 0.4) is 0 Å². The largest absolute Gasteiger partial charge is 0.457 e. The van der Waals surface area contributed by atoms with Gasteiger partial charge in [0.15, 0.2) is 0 Å². The van der Waals surface area contributed by atoms with Crippen LogP contribution in [0.5, 0.6) is 11.5 Å². The summed E-state index contributed by atoms with van der Waals surface area (Å²) in [6.07, 6.45) is 4.55. The standard InChI is InChI=1S/C47H61N7O6/c1-9-31-15-16-34(42(23-31)60-36-20-17-33(18-21-36)41-25-48-43(53(41)8)28-50(4)5)26-54-30(3)45(57)49-40(29-55)47(59)52(7)35(10-2)27-51(6)46(58)39(24-44(54)56)38-22-19-32-13-11-12-14-37(32)38/h11-18,20-21,23,25,30,35,38-40,55H,9-10,19,22,24,26-29H2,1-8H3,(H,49,57)/t30-,35-,38+,39-,40-/m0/s1. The summed E-state index contributed by atoms with van der Waals surface area (Å²) in [6, 6.07) is 19.0. The minimum absolute atomic E-state index is 0.0118. The van der Waals surface area contributed by atoms with Gasteiger partial charge in [-0.1, -0.05) is 50.2 Å². The van der Waals surface area contributed by atoms with Gasteiger partial charge >= 0.3 is 0 Å². The normalized spacial score (nSPS) is 22.0. The molecular weight excluding hydrogens is 759 g/mol. The molecule has 0 unspecified atom stereocenters. The maximum atomic E-state index is 14.9. The third kappa shape index (κ3) is 9.58. The van der Waals surface area contributed by atoms with Crippen LogP contribution < -0.4 is 10.1 Å². The van der Waals surface area contributed by atoms with E-state index < -0.39 is 36.4 Å². The van der Waals surface area contributed by atoms with Crippen molar-refractivity contribution < 1.29 is 29.0 Å². The van der Waals surface area contributed by atoms with Crippen LogP contribution in [0.4, 0.5) is 0 Å². The Hall–Kier alpha value is -5.53. The molecule has 4 amide bonds. The lowest BCUT2D eigenvalue weighted by atomic mass is 9.83. The van der Waals surface area contributed by atoms with Crippen molar-refractivity contribution in [3.8, 4) is 22.8 Å². The van der Waals surface area contributed by atoms with E-state index in [1.807, 2.05) is 94.9 Å². The molecule has 1 fully saturated rings. The first-order valence-electron chi connectivity index (χ1n) is 21.1. The molecule has 3 aromatic carbocycles. The number of amides is 4. The average molecular weight is 820 g/mol. The van der Waals surface area contributed by atoms with E-state index in [4.69, 9.17) is 4.74 Å². The Bertz CT molecular complexity index is 2170. The second-order valence-electron chi connectivity index (χ2n) is 16.6. The molecule has 2 aliphatic rings. The Labute approximate surface area is 354 Å². The first-order chi connectivity index (χ1) is 28.7. The van der Waals surface area contributed by atoms with Crippen molar-refractivity contribution in [2.75, 3.05) is 41.3 Å². The molecule has 4 aromatic rings. The van der Waals surface area contributed by atoms with Gasteiger partial charge in [0.25, 0.3) is 0 Å². The Morgan fingerprint density at radius 2 is 1.67 bits per heavy atom. The van der Waals surface area contributed by atoms with Crippen molar-refractivity contribution in [2.45, 2.75) is 90.0 Å². The lowest BCUT2D eigenvalue weighted by Crippen LogP contribution is -2.58. The number of hydrogen-bond acceptors (Lipinski definition) is 8. The highest BCUT2D eigenvalue weighted by Crippen LogP contribution is 2.41. The van der Waals surface area contributed by atoms with Crippen LogP contribution in [0.2, 0.25) is 0 Å². The van der Waals surface area contributed by atoms with E-state index in [0.717, 1.165) is 41.1 Å². The van der Waals surface area contributed by atoms with Gasteiger partial charge in [0.1, 0.15) is 29.4 Å². The molecule has 13 heteroatoms. The second kappa shape index (κ2) is 19.2. The third-order valence-electron chi connectivity index (χ3n) is 12.4. The number of aliphatic hydroxyl groups is 1. The van der Waals surface area contributed by atoms with E-state index >= 15 is 0 Å². The molecule has 1 aliphatic heterocycles. The zero-order valence-corrected chi connectivity index (χ0v) is 36.4. The summed E-state index contributed by atoms with van der Waals surface area (Å²) in [4.78, 5) is 68.8. The number of rotatable bonds is 11. The molecule has 1 aromatic heterocycles. The van der Waals surface area contributed by atoms with Gasteiger partial charge in [0, 0.05) is 51.3 Å². The third-order valence-corrected chi connectivity index (χ3v) is 12.4. The number of ether oxygens (including phenoxy) is 1. The van der Waals surface area contributed by atoms with Gasteiger partial charge in [-0.05, 0) is 99.6 Å². The molecule has 2 N–H and O–H groups in total. The molecule has 0 radical (unpaired) electrons. The van der Waals surface area contributed by atoms with Crippen molar-refractivity contribution in [1.29, 1.82) is 0 Å². The van der Waals surface area contributed by atoms with Crippen molar-refractivity contribution >= 4 is 23.6 Å². The van der Waals surface area contributed by atoms with E-state index in [9.17, 15) is 24.3 Å². The molecule has 320 valence electrons. The number of nitrogens with zero attached hydrogens (tertiary/aromatic N) is 6. The fraction of sp³-hybridized carbons (Fsp3) is 0.468. The predicted molar refractivity (Wildman–Crippen MR) is 231 cm³/mol. The fourth-order valence-electron chi connectivity index (χ4n) is 8.61. The van der Waals surface area contributed by atoms with Gasteiger partial charge in [-0.2, -0.15) is 0 Å². The number of nitrogens with one attached hydrogen (secondary N) is 1. The fourth-order valence-corrected chi connectivity index (χ4v) is 8.61. The maximum absolute atomic E-state index is 14.9. The quantitative estimate of drug-likeness (QED) is 0.212. The van der Waals surface area contributed by atoms with E-state index in [1.165, 1.54) is 15.4 Å². The average Bonchev–Trinajstić information content (AvgIpc) is 3.84. The summed E-state index contributed by atoms with van der Waals surface area (Å²) in [5.41, 5.74) is 5.88. The number of aliphatic hydroxyl groups excluding tert-OH is 1. The van der Waals surface area contributed by atoms with Crippen LogP contribution in [0.1, 0.15) is 74.0 Å². The van der Waals surface area contributed by atoms with Crippen LogP contribution in [0.25, 0.3) is 11.3 Å². The Morgan fingerprint density at radius 3 is 2.35 bits per heavy atom. The minimum Gasteiger partial charge on any atom is -0.457 e. The van der Waals surface area contributed by atoms with E-state index in [2.05, 4.69) is 32.8 Å². The second-order valence-corrected chi connectivity index (χ2v) is 16.6. The highest BCUT2D eigenvalue weighted by molar-refractivity contribution is 5.93. The van der Waals surface area contributed by atoms with Crippen molar-refractivity contribution in [3.05, 3.63) is 101 Å². The van der Waals surface area contributed by atoms with Crippen LogP contribution in [-0.4, -0.2) is 117 Å². The molecule has 13 nitrogen and oxygen atoms in total. The zero-order chi connectivity index (χ0) is 43.2. The van der Waals surface area contributed by atoms with E-state index in [-0.39, 0.29) is 43.3 Å². The van der Waals surface area contributed by atoms with Gasteiger partial charge in [-0.3, -0.25) is 19.2 Å². The van der Waals surface area contributed by atoms with Crippen LogP contribution in [0, 0.1) is 5.92 Å². The minimum atomic E-state index is -1.24. The number of carbonyl (C=O) groups is 4. The number of aryl methyl sites for hydroxylation is 2. The van der Waals surface area contributed by atoms with Gasteiger partial charge in [-0.25, -0.2) is 4.98 Å². The number of imidazole rings is 1. The summed E-state index contributed by atoms with van der Waals surface area (Å²) >= 11 is 0. The molecule has 1 aliphatic carbocycles. The molecule has 5 atom stereocenters. The molecule has 60 heavy (non-hydrogen) atoms. The summed E-state index contributed by atoms with van der Waals surface area (Å²) in [5, 5.41) is 13.1. The summed E-state index contributed by atoms with van der Waals surface area (Å²) < 4.78 is 8.66. The Morgan fingerprint density at radius 1 is 0.933 bits per heavy atom. The number of benzene rings is 3. The topological polar surface area (TPSA) is 141 Å². The first kappa shape index (κ1) is 44.0. The summed E-state index contributed by atoms with van der Waals surface area (Å²) in [6.45, 7) is 5.91. The number of likely N-dealkylation sites (N-methyl/N-ethyl adjacent to an activating group) is 2. The Balaban J connectivity index is 1.36. The summed E-state index contributed by atoms with van der Waals surface area (Å²) in [7, 11) is 9.38. The van der Waals surface area contributed by atoms with E-state index in [0.29, 0.717) is 36.4 Å². The Kier molecular flexibility index (Phi) is 14.1. The molecule has 0 saturated carbocycles. The highest BCUT2D eigenvalue weighted by atomic mass is 16.5. The molecular formula is C47H61N7O6. The number of carbonyl (C=O) groups excluding carboxylic acids is 4. The molecule has 6 rings (SSSR count). The number of hydrogen-bond donors (Lipinski definition) is 2. The van der Waals surface area contributed by atoms with Crippen LogP contribution in [0.15, 0.2) is 72.9 Å². The smallest absolute Gasteiger partial charge is 0.247 e. The molecule has 2 heterocycles. The molecule has 0 spiro atoms. The number of fused-ring (bicyclic) bond motifs is 1. The summed E-state index contributed by atoms with van der Waals surface area (Å²) in [5.74, 6) is -0.451. The zero-order valence-electron chi connectivity index (χ0n) is 36.4. The maximum Gasteiger partial charge on any atom is 0.247 e. The molecule has 1 saturated heterocycles. The lowest BCUT2D eigenvalue weighted by Gasteiger charge is -2.37. The van der Waals surface area contributed by atoms with Gasteiger partial charge < -0.3 is 39.3 Å².